The summed E-state index contributed by atoms with van der Waals surface area (Å²) in [5, 5.41) is 0.0708. The predicted octanol–water partition coefficient (Wildman–Crippen LogP) is 1.88. The van der Waals surface area contributed by atoms with Crippen molar-refractivity contribution < 1.29 is 21.5 Å². The van der Waals surface area contributed by atoms with Crippen LogP contribution in [0.2, 0.25) is 1.41 Å². The molecule has 1 aliphatic rings. The Kier molecular flexibility index (Phi) is 2.21. The van der Waals surface area contributed by atoms with E-state index >= 15 is 0 Å². The average molecular weight is 270 g/mol. The summed E-state index contributed by atoms with van der Waals surface area (Å²) in [5.41, 5.74) is 0. The highest BCUT2D eigenvalue weighted by Gasteiger charge is 2.32. The molecule has 1 atom stereocenters. The maximum atomic E-state index is 13.0. The molecular weight excluding hydrogens is 246 g/mol. The van der Waals surface area contributed by atoms with Crippen LogP contribution in [0.3, 0.4) is 0 Å². The van der Waals surface area contributed by atoms with Gasteiger partial charge < -0.3 is 4.52 Å². The molecule has 7 heteroatoms. The zero-order valence-corrected chi connectivity index (χ0v) is 9.44. The molecule has 0 aliphatic carbocycles. The van der Waals surface area contributed by atoms with Crippen LogP contribution in [-0.2, 0) is 9.09 Å². The van der Waals surface area contributed by atoms with Gasteiger partial charge in [0, 0.05) is 39.5 Å². The lowest BCUT2D eigenvalue weighted by molar-refractivity contribution is 0.233. The van der Waals surface area contributed by atoms with Gasteiger partial charge in [0.1, 0.15) is 1.41 Å². The van der Waals surface area contributed by atoms with E-state index in [1.807, 2.05) is 0 Å². The monoisotopic (exact) mass is 269 g/mol. The third-order valence-corrected chi connectivity index (χ3v) is 3.28. The molecule has 1 heterocycles. The van der Waals surface area contributed by atoms with E-state index < -0.39 is 51.9 Å². The Labute approximate surface area is 107 Å². The van der Waals surface area contributed by atoms with Crippen molar-refractivity contribution in [3.63, 3.8) is 0 Å². The standard InChI is InChI=1S/C7H15Cl2N2O2P/c8-2-5-11(6-3-9)14(12)10-4-1-7-13-14/h1-7H2,(H,10,12)/i1D2,2D2,6D2,7D2/hD. The first-order valence-corrected chi connectivity index (χ1v) is 6.04. The molecule has 1 fully saturated rings. The van der Waals surface area contributed by atoms with Gasteiger partial charge in [0.25, 0.3) is 0 Å². The Hall–Kier alpha value is 0.690. The van der Waals surface area contributed by atoms with Crippen molar-refractivity contribution >= 4 is 30.9 Å². The lowest BCUT2D eigenvalue weighted by Gasteiger charge is -2.33. The van der Waals surface area contributed by atoms with E-state index in [9.17, 15) is 4.57 Å². The second-order valence-corrected chi connectivity index (χ2v) is 4.61. The molecule has 1 N–H and O–H groups in total. The van der Waals surface area contributed by atoms with E-state index in [1.54, 1.807) is 0 Å². The highest BCUT2D eigenvalue weighted by molar-refractivity contribution is 7.54. The molecule has 0 aromatic rings. The lowest BCUT2D eigenvalue weighted by Crippen LogP contribution is -2.35. The first-order valence-electron chi connectivity index (χ1n) is 8.04. The molecule has 0 spiro atoms. The number of alkyl halides is 2. The van der Waals surface area contributed by atoms with Crippen molar-refractivity contribution in [2.45, 2.75) is 6.37 Å². The number of hydrogen-bond acceptors (Lipinski definition) is 2. The van der Waals surface area contributed by atoms with E-state index in [2.05, 4.69) is 4.52 Å². The van der Waals surface area contributed by atoms with Crippen LogP contribution >= 0.6 is 30.9 Å². The van der Waals surface area contributed by atoms with Crippen LogP contribution in [0.5, 0.6) is 0 Å². The van der Waals surface area contributed by atoms with Crippen LogP contribution in [0.4, 0.5) is 0 Å². The lowest BCUT2D eigenvalue weighted by atomic mass is 10.5. The Balaban J connectivity index is 3.36. The number of nitrogens with zero attached hydrogens (tertiary/aromatic N) is 1. The van der Waals surface area contributed by atoms with E-state index in [1.165, 1.54) is 0 Å². The SMILES string of the molecule is [2H]N1CC([2H])([2H])C([2H])([2H])OP1(=O)N(CC([2H])([2H])Cl)C([2H])([2H])CCl. The molecular formula is C7H15Cl2N2O2P. The van der Waals surface area contributed by atoms with Crippen LogP contribution < -0.4 is 5.08 Å². The van der Waals surface area contributed by atoms with Gasteiger partial charge in [-0.3, -0.25) is 4.57 Å². The highest BCUT2D eigenvalue weighted by atomic mass is 35.5. The van der Waals surface area contributed by atoms with Gasteiger partial charge in [0.2, 0.25) is 0 Å². The largest absolute Gasteiger partial charge is 0.343 e. The zero-order valence-electron chi connectivity index (χ0n) is 16.0. The van der Waals surface area contributed by atoms with E-state index in [0.717, 1.165) is 0 Å². The maximum Gasteiger partial charge on any atom is 0.343 e. The molecule has 4 nitrogen and oxygen atoms in total. The fraction of sp³-hybridized carbons (Fsp3) is 1.00. The predicted molar refractivity (Wildman–Crippen MR) is 59.2 cm³/mol. The second kappa shape index (κ2) is 6.31. The Morgan fingerprint density at radius 1 is 1.79 bits per heavy atom. The number of nitrogens with one attached hydrogen (secondary N) is 1. The summed E-state index contributed by atoms with van der Waals surface area (Å²) in [6, 6.07) is 0. The van der Waals surface area contributed by atoms with Gasteiger partial charge in [-0.15, -0.1) is 23.2 Å². The minimum absolute atomic E-state index is 0.0708. The smallest absolute Gasteiger partial charge is 0.306 e. The zero-order chi connectivity index (χ0) is 18.5. The van der Waals surface area contributed by atoms with Crippen molar-refractivity contribution in [3.8, 4) is 0 Å². The quantitative estimate of drug-likeness (QED) is 0.612. The third kappa shape index (κ3) is 3.37. The third-order valence-electron chi connectivity index (χ3n) is 1.32. The molecule has 1 unspecified atom stereocenters. The van der Waals surface area contributed by atoms with Crippen LogP contribution in [0, 0.1) is 0 Å². The molecule has 14 heavy (non-hydrogen) atoms. The Morgan fingerprint density at radius 3 is 3.21 bits per heavy atom. The molecule has 1 aliphatic heterocycles. The summed E-state index contributed by atoms with van der Waals surface area (Å²) in [6.07, 6.45) is -2.69. The van der Waals surface area contributed by atoms with Crippen molar-refractivity contribution in [1.82, 2.24) is 9.75 Å². The summed E-state index contributed by atoms with van der Waals surface area (Å²) in [7, 11) is -4.82. The van der Waals surface area contributed by atoms with Gasteiger partial charge in [0.15, 0.2) is 0 Å². The minimum Gasteiger partial charge on any atom is -0.306 e. The molecule has 0 aromatic heterocycles. The van der Waals surface area contributed by atoms with Crippen molar-refractivity contribution in [3.05, 3.63) is 0 Å². The van der Waals surface area contributed by atoms with E-state index in [4.69, 9.17) is 35.6 Å². The summed E-state index contributed by atoms with van der Waals surface area (Å²) >= 11 is 10.9. The fourth-order valence-electron chi connectivity index (χ4n) is 0.763. The summed E-state index contributed by atoms with van der Waals surface area (Å²) in [4.78, 5) is 0. The molecule has 0 saturated carbocycles. The molecule has 0 amide bonds. The molecule has 1 saturated heterocycles. The van der Waals surface area contributed by atoms with Crippen molar-refractivity contribution in [2.75, 3.05) is 37.9 Å². The van der Waals surface area contributed by atoms with Crippen LogP contribution in [-0.4, -0.2) is 42.5 Å². The summed E-state index contributed by atoms with van der Waals surface area (Å²) in [5.74, 6) is -3.37. The van der Waals surface area contributed by atoms with Crippen LogP contribution in [0.15, 0.2) is 0 Å². The Morgan fingerprint density at radius 2 is 2.57 bits per heavy atom. The van der Waals surface area contributed by atoms with Crippen molar-refractivity contribution in [1.29, 1.82) is 0 Å². The van der Waals surface area contributed by atoms with Crippen LogP contribution in [0.1, 0.15) is 17.3 Å². The van der Waals surface area contributed by atoms with Gasteiger partial charge in [0.05, 0.1) is 9.30 Å². The average Bonchev–Trinajstić information content (AvgIpc) is 2.31. The molecule has 0 radical (unpaired) electrons. The van der Waals surface area contributed by atoms with Crippen molar-refractivity contribution in [2.24, 2.45) is 0 Å². The van der Waals surface area contributed by atoms with Gasteiger partial charge >= 0.3 is 7.67 Å². The molecule has 1 rings (SSSR count). The van der Waals surface area contributed by atoms with Gasteiger partial charge in [-0.25, -0.2) is 9.75 Å². The molecule has 0 bridgehead atoms. The fourth-order valence-corrected chi connectivity index (χ4v) is 2.43. The van der Waals surface area contributed by atoms with Crippen LogP contribution in [0.25, 0.3) is 0 Å². The number of hydrogen-bond donors (Lipinski definition) is 1. The molecule has 0 aromatic carbocycles. The summed E-state index contributed by atoms with van der Waals surface area (Å²) < 4.78 is 85.7. The molecule has 84 valence electrons. The first kappa shape index (κ1) is 4.91. The maximum absolute atomic E-state index is 13.0. The summed E-state index contributed by atoms with van der Waals surface area (Å²) in [6.45, 7) is -7.77. The van der Waals surface area contributed by atoms with Gasteiger partial charge in [-0.2, -0.15) is 0 Å². The topological polar surface area (TPSA) is 41.6 Å². The normalized spacial score (nSPS) is 48.4. The highest BCUT2D eigenvalue weighted by Crippen LogP contribution is 2.47. The number of rotatable bonds is 5. The number of halogens is 2. The first-order chi connectivity index (χ1) is 9.98. The van der Waals surface area contributed by atoms with E-state index in [-0.39, 0.29) is 9.75 Å². The second-order valence-electron chi connectivity index (χ2n) is 2.14. The van der Waals surface area contributed by atoms with Gasteiger partial charge in [-0.1, -0.05) is 0 Å². The Bertz CT molecular complexity index is 503. The van der Waals surface area contributed by atoms with Gasteiger partial charge in [-0.05, 0) is 6.37 Å². The van der Waals surface area contributed by atoms with E-state index in [0.29, 0.717) is 0 Å². The minimum atomic E-state index is -4.82.